The molecule has 0 bridgehead atoms. The lowest BCUT2D eigenvalue weighted by Gasteiger charge is -2.15. The van der Waals surface area contributed by atoms with Crippen LogP contribution in [-0.4, -0.2) is 33.7 Å². The van der Waals surface area contributed by atoms with Crippen molar-refractivity contribution in [2.75, 3.05) is 11.1 Å². The maximum Gasteiger partial charge on any atom is 0.340 e. The Kier molecular flexibility index (Phi) is 7.01. The van der Waals surface area contributed by atoms with Crippen molar-refractivity contribution in [3.8, 4) is 0 Å². The number of carbonyl (C=O) groups excluding carboxylic acids is 3. The van der Waals surface area contributed by atoms with Crippen molar-refractivity contribution in [3.63, 3.8) is 0 Å². The molecule has 0 heterocycles. The van der Waals surface area contributed by atoms with Gasteiger partial charge in [-0.3, -0.25) is 13.8 Å². The third-order valence-corrected chi connectivity index (χ3v) is 5.18. The summed E-state index contributed by atoms with van der Waals surface area (Å²) >= 11 is 0. The minimum absolute atomic E-state index is 0.119. The zero-order valence-corrected chi connectivity index (χ0v) is 16.2. The van der Waals surface area contributed by atoms with Crippen LogP contribution in [0.3, 0.4) is 0 Å². The molecule has 0 saturated carbocycles. The average molecular weight is 387 g/mol. The van der Waals surface area contributed by atoms with E-state index in [0.29, 0.717) is 21.9 Å². The molecule has 0 aromatic heterocycles. The molecule has 6 nitrogen and oxygen atoms in total. The number of anilines is 1. The lowest BCUT2D eigenvalue weighted by atomic mass is 10.1. The van der Waals surface area contributed by atoms with E-state index in [1.54, 1.807) is 49.4 Å². The third-order valence-electron chi connectivity index (χ3n) is 3.80. The third kappa shape index (κ3) is 5.34. The van der Waals surface area contributed by atoms with Gasteiger partial charge in [-0.25, -0.2) is 4.79 Å². The maximum absolute atomic E-state index is 12.4. The summed E-state index contributed by atoms with van der Waals surface area (Å²) in [5.74, 6) is -0.996. The molecule has 0 aliphatic rings. The van der Waals surface area contributed by atoms with E-state index in [-0.39, 0.29) is 11.3 Å². The van der Waals surface area contributed by atoms with Crippen LogP contribution in [0.5, 0.6) is 0 Å². The standard InChI is InChI=1S/C20H21NO5S/c1-4-27(25)18-11-6-5-10-17(18)20(24)26-14(3)19(23)21-16-9-7-8-15(12-16)13(2)22/h5-12,14H,4H2,1-3H3,(H,21,23)/t14-,27-/m1/s1. The summed E-state index contributed by atoms with van der Waals surface area (Å²) in [4.78, 5) is 36.5. The van der Waals surface area contributed by atoms with Crippen molar-refractivity contribution in [3.05, 3.63) is 59.7 Å². The van der Waals surface area contributed by atoms with E-state index in [4.69, 9.17) is 4.74 Å². The molecule has 0 fully saturated rings. The molecule has 2 rings (SSSR count). The number of hydrogen-bond acceptors (Lipinski definition) is 5. The van der Waals surface area contributed by atoms with E-state index in [0.717, 1.165) is 0 Å². The molecule has 7 heteroatoms. The van der Waals surface area contributed by atoms with Crippen molar-refractivity contribution in [2.45, 2.75) is 31.8 Å². The van der Waals surface area contributed by atoms with Gasteiger partial charge in [-0.05, 0) is 38.1 Å². The number of ether oxygens (including phenoxy) is 1. The molecule has 2 aromatic rings. The van der Waals surface area contributed by atoms with Crippen molar-refractivity contribution in [1.82, 2.24) is 0 Å². The van der Waals surface area contributed by atoms with Gasteiger partial charge in [0.15, 0.2) is 11.9 Å². The Morgan fingerprint density at radius 2 is 1.81 bits per heavy atom. The van der Waals surface area contributed by atoms with Gasteiger partial charge >= 0.3 is 5.97 Å². The molecular weight excluding hydrogens is 366 g/mol. The van der Waals surface area contributed by atoms with Gasteiger partial charge in [0.2, 0.25) is 0 Å². The van der Waals surface area contributed by atoms with Crippen molar-refractivity contribution >= 4 is 34.1 Å². The van der Waals surface area contributed by atoms with Crippen LogP contribution in [0.4, 0.5) is 5.69 Å². The Morgan fingerprint density at radius 1 is 1.11 bits per heavy atom. The summed E-state index contributed by atoms with van der Waals surface area (Å²) in [6.07, 6.45) is -1.07. The highest BCUT2D eigenvalue weighted by atomic mass is 32.2. The van der Waals surface area contributed by atoms with E-state index in [2.05, 4.69) is 5.32 Å². The first-order valence-corrected chi connectivity index (χ1v) is 9.75. The number of benzene rings is 2. The zero-order chi connectivity index (χ0) is 20.0. The minimum atomic E-state index is -1.32. The van der Waals surface area contributed by atoms with Gasteiger partial charge in [0, 0.05) is 17.0 Å². The predicted molar refractivity (Wildman–Crippen MR) is 103 cm³/mol. The van der Waals surface area contributed by atoms with Crippen molar-refractivity contribution in [1.29, 1.82) is 0 Å². The highest BCUT2D eigenvalue weighted by Gasteiger charge is 2.22. The molecule has 0 radical (unpaired) electrons. The summed E-state index contributed by atoms with van der Waals surface area (Å²) in [5.41, 5.74) is 1.08. The smallest absolute Gasteiger partial charge is 0.340 e. The SMILES string of the molecule is CC[S@@](=O)c1ccccc1C(=O)O[C@H](C)C(=O)Nc1cccc(C(C)=O)c1. The molecule has 2 atom stereocenters. The number of amides is 1. The van der Waals surface area contributed by atoms with Crippen LogP contribution in [-0.2, 0) is 20.3 Å². The summed E-state index contributed by atoms with van der Waals surface area (Å²) in [6.45, 7) is 4.63. The number of hydrogen-bond donors (Lipinski definition) is 1. The Bertz CT molecular complexity index is 893. The number of rotatable bonds is 7. The molecule has 0 unspecified atom stereocenters. The van der Waals surface area contributed by atoms with E-state index in [1.807, 2.05) is 0 Å². The summed E-state index contributed by atoms with van der Waals surface area (Å²) in [7, 11) is -1.32. The van der Waals surface area contributed by atoms with E-state index < -0.39 is 28.8 Å². The number of Topliss-reactive ketones (excluding diaryl/α,β-unsaturated/α-hetero) is 1. The zero-order valence-electron chi connectivity index (χ0n) is 15.4. The van der Waals surface area contributed by atoms with Gasteiger partial charge in [0.05, 0.1) is 21.3 Å². The van der Waals surface area contributed by atoms with Gasteiger partial charge < -0.3 is 10.1 Å². The lowest BCUT2D eigenvalue weighted by molar-refractivity contribution is -0.123. The highest BCUT2D eigenvalue weighted by Crippen LogP contribution is 2.17. The highest BCUT2D eigenvalue weighted by molar-refractivity contribution is 7.85. The summed E-state index contributed by atoms with van der Waals surface area (Å²) in [5, 5.41) is 2.61. The molecule has 0 saturated heterocycles. The van der Waals surface area contributed by atoms with E-state index >= 15 is 0 Å². The van der Waals surface area contributed by atoms with Crippen LogP contribution in [0.25, 0.3) is 0 Å². The fourth-order valence-corrected chi connectivity index (χ4v) is 3.26. The van der Waals surface area contributed by atoms with Gasteiger partial charge in [-0.15, -0.1) is 0 Å². The van der Waals surface area contributed by atoms with E-state index in [9.17, 15) is 18.6 Å². The van der Waals surface area contributed by atoms with Crippen molar-refractivity contribution in [2.24, 2.45) is 0 Å². The molecule has 1 N–H and O–H groups in total. The molecule has 0 aliphatic heterocycles. The van der Waals surface area contributed by atoms with Gasteiger partial charge in [0.1, 0.15) is 0 Å². The van der Waals surface area contributed by atoms with Crippen LogP contribution in [0, 0.1) is 0 Å². The summed E-state index contributed by atoms with van der Waals surface area (Å²) in [6, 6.07) is 12.9. The normalized spacial score (nSPS) is 12.7. The van der Waals surface area contributed by atoms with Crippen molar-refractivity contribution < 1.29 is 23.3 Å². The minimum Gasteiger partial charge on any atom is -0.449 e. The Hall–Kier alpha value is -2.80. The first kappa shape index (κ1) is 20.5. The largest absolute Gasteiger partial charge is 0.449 e. The average Bonchev–Trinajstić information content (AvgIpc) is 2.67. The number of carbonyl (C=O) groups is 3. The van der Waals surface area contributed by atoms with Crippen LogP contribution in [0.2, 0.25) is 0 Å². The van der Waals surface area contributed by atoms with E-state index in [1.165, 1.54) is 19.9 Å². The van der Waals surface area contributed by atoms with Crippen LogP contribution < -0.4 is 5.32 Å². The molecule has 0 aliphatic carbocycles. The van der Waals surface area contributed by atoms with Crippen LogP contribution in [0.1, 0.15) is 41.5 Å². The molecule has 1 amide bonds. The Morgan fingerprint density at radius 3 is 2.48 bits per heavy atom. The quantitative estimate of drug-likeness (QED) is 0.582. The van der Waals surface area contributed by atoms with Gasteiger partial charge in [-0.2, -0.15) is 0 Å². The Balaban J connectivity index is 2.08. The second-order valence-electron chi connectivity index (χ2n) is 5.80. The predicted octanol–water partition coefficient (Wildman–Crippen LogP) is 3.20. The summed E-state index contributed by atoms with van der Waals surface area (Å²) < 4.78 is 17.3. The van der Waals surface area contributed by atoms with Crippen LogP contribution in [0.15, 0.2) is 53.4 Å². The second-order valence-corrected chi connectivity index (χ2v) is 7.51. The molecule has 2 aromatic carbocycles. The molecular formula is C20H21NO5S. The second kappa shape index (κ2) is 9.23. The fraction of sp³-hybridized carbons (Fsp3) is 0.250. The van der Waals surface area contributed by atoms with Gasteiger partial charge in [0.25, 0.3) is 5.91 Å². The number of ketones is 1. The van der Waals surface area contributed by atoms with Gasteiger partial charge in [-0.1, -0.05) is 31.2 Å². The molecule has 0 spiro atoms. The molecule has 142 valence electrons. The maximum atomic E-state index is 12.4. The first-order valence-electron chi connectivity index (χ1n) is 8.43. The Labute approximate surface area is 160 Å². The topological polar surface area (TPSA) is 89.5 Å². The van der Waals surface area contributed by atoms with Crippen LogP contribution >= 0.6 is 0 Å². The first-order chi connectivity index (χ1) is 12.8. The number of esters is 1. The number of nitrogens with one attached hydrogen (secondary N) is 1. The fourth-order valence-electron chi connectivity index (χ4n) is 2.33. The molecule has 27 heavy (non-hydrogen) atoms. The monoisotopic (exact) mass is 387 g/mol. The lowest BCUT2D eigenvalue weighted by Crippen LogP contribution is -2.30.